The molecule has 0 saturated carbocycles. The van der Waals surface area contributed by atoms with Gasteiger partial charge in [-0.15, -0.1) is 0 Å². The predicted molar refractivity (Wildman–Crippen MR) is 48.0 cm³/mol. The van der Waals surface area contributed by atoms with Gasteiger partial charge in [0, 0.05) is 6.54 Å². The number of hydrogen-bond donors (Lipinski definition) is 2. The summed E-state index contributed by atoms with van der Waals surface area (Å²) in [6.07, 6.45) is 1.30. The Labute approximate surface area is 77.3 Å². The maximum Gasteiger partial charge on any atom is 0.324 e. The molecule has 0 aromatic heterocycles. The van der Waals surface area contributed by atoms with Crippen molar-refractivity contribution >= 4 is 11.9 Å². The van der Waals surface area contributed by atoms with Crippen LogP contribution in [-0.4, -0.2) is 36.0 Å². The minimum Gasteiger partial charge on any atom is -0.330 e. The monoisotopic (exact) mass is 185 g/mol. The van der Waals surface area contributed by atoms with Crippen molar-refractivity contribution in [3.05, 3.63) is 0 Å². The Morgan fingerprint density at radius 2 is 2.23 bits per heavy atom. The molecule has 1 rings (SSSR count). The highest BCUT2D eigenvalue weighted by molar-refractivity contribution is 6.04. The Balaban J connectivity index is 2.54. The zero-order chi connectivity index (χ0) is 9.84. The van der Waals surface area contributed by atoms with Gasteiger partial charge in [-0.05, 0) is 19.4 Å². The van der Waals surface area contributed by atoms with E-state index in [0.717, 1.165) is 0 Å². The summed E-state index contributed by atoms with van der Waals surface area (Å²) in [6.45, 7) is 2.79. The fraction of sp³-hybridized carbons (Fsp3) is 0.750. The number of imide groups is 1. The first-order valence-corrected chi connectivity index (χ1v) is 4.52. The molecule has 0 radical (unpaired) electrons. The summed E-state index contributed by atoms with van der Waals surface area (Å²) >= 11 is 0. The Bertz CT molecular complexity index is 217. The Morgan fingerprint density at radius 3 is 2.69 bits per heavy atom. The number of amides is 3. The lowest BCUT2D eigenvalue weighted by molar-refractivity contribution is -0.127. The van der Waals surface area contributed by atoms with E-state index in [1.807, 2.05) is 6.92 Å². The topological polar surface area (TPSA) is 75.4 Å². The normalized spacial score (nSPS) is 22.3. The van der Waals surface area contributed by atoms with Crippen LogP contribution in [0, 0.1) is 0 Å². The molecule has 5 heteroatoms. The van der Waals surface area contributed by atoms with E-state index in [-0.39, 0.29) is 18.0 Å². The lowest BCUT2D eigenvalue weighted by atomic mass is 10.2. The first kappa shape index (κ1) is 9.98. The van der Waals surface area contributed by atoms with Crippen molar-refractivity contribution in [2.75, 3.05) is 13.1 Å². The number of hydrogen-bond acceptors (Lipinski definition) is 3. The van der Waals surface area contributed by atoms with Crippen LogP contribution in [0.15, 0.2) is 0 Å². The second kappa shape index (κ2) is 4.23. The fourth-order valence-electron chi connectivity index (χ4n) is 1.31. The summed E-state index contributed by atoms with van der Waals surface area (Å²) in [5.41, 5.74) is 5.29. The van der Waals surface area contributed by atoms with Crippen LogP contribution >= 0.6 is 0 Å². The van der Waals surface area contributed by atoms with Crippen molar-refractivity contribution in [1.29, 1.82) is 0 Å². The van der Waals surface area contributed by atoms with Crippen molar-refractivity contribution < 1.29 is 9.59 Å². The van der Waals surface area contributed by atoms with Gasteiger partial charge in [0.05, 0.1) is 0 Å². The molecule has 5 nitrogen and oxygen atoms in total. The van der Waals surface area contributed by atoms with Crippen LogP contribution in [0.5, 0.6) is 0 Å². The minimum absolute atomic E-state index is 0.124. The third-order valence-electron chi connectivity index (χ3n) is 2.10. The lowest BCUT2D eigenvalue weighted by Gasteiger charge is -2.11. The van der Waals surface area contributed by atoms with Gasteiger partial charge in [0.25, 0.3) is 5.91 Å². The third-order valence-corrected chi connectivity index (χ3v) is 2.10. The van der Waals surface area contributed by atoms with E-state index in [9.17, 15) is 9.59 Å². The summed E-state index contributed by atoms with van der Waals surface area (Å²) in [4.78, 5) is 23.9. The van der Waals surface area contributed by atoms with Gasteiger partial charge in [-0.3, -0.25) is 9.69 Å². The van der Waals surface area contributed by atoms with E-state index in [2.05, 4.69) is 5.32 Å². The summed E-state index contributed by atoms with van der Waals surface area (Å²) in [7, 11) is 0. The molecule has 0 bridgehead atoms. The predicted octanol–water partition coefficient (Wildman–Crippen LogP) is -0.334. The third kappa shape index (κ3) is 1.98. The van der Waals surface area contributed by atoms with E-state index in [4.69, 9.17) is 5.73 Å². The number of carbonyl (C=O) groups excluding carboxylic acids is 2. The maximum atomic E-state index is 11.5. The van der Waals surface area contributed by atoms with Crippen LogP contribution in [0.1, 0.15) is 19.8 Å². The number of nitrogens with zero attached hydrogens (tertiary/aromatic N) is 1. The Morgan fingerprint density at radius 1 is 1.54 bits per heavy atom. The van der Waals surface area contributed by atoms with E-state index < -0.39 is 0 Å². The molecule has 0 aromatic rings. The molecule has 3 amide bonds. The summed E-state index contributed by atoms with van der Waals surface area (Å²) in [5.74, 6) is -0.124. The van der Waals surface area contributed by atoms with Crippen molar-refractivity contribution in [3.8, 4) is 0 Å². The van der Waals surface area contributed by atoms with Crippen LogP contribution in [0.3, 0.4) is 0 Å². The van der Waals surface area contributed by atoms with Gasteiger partial charge in [0.1, 0.15) is 6.04 Å². The molecule has 0 aromatic carbocycles. The highest BCUT2D eigenvalue weighted by Gasteiger charge is 2.35. The summed E-state index contributed by atoms with van der Waals surface area (Å²) < 4.78 is 0. The molecule has 1 saturated heterocycles. The van der Waals surface area contributed by atoms with Crippen LogP contribution in [0.2, 0.25) is 0 Å². The van der Waals surface area contributed by atoms with Crippen LogP contribution in [-0.2, 0) is 4.79 Å². The number of urea groups is 1. The highest BCUT2D eigenvalue weighted by Crippen LogP contribution is 2.08. The molecule has 0 spiro atoms. The second-order valence-corrected chi connectivity index (χ2v) is 3.04. The number of nitrogens with one attached hydrogen (secondary N) is 1. The zero-order valence-electron chi connectivity index (χ0n) is 7.75. The Kier molecular flexibility index (Phi) is 3.25. The van der Waals surface area contributed by atoms with Crippen LogP contribution < -0.4 is 11.1 Å². The van der Waals surface area contributed by atoms with Gasteiger partial charge in [0.2, 0.25) is 0 Å². The van der Waals surface area contributed by atoms with E-state index in [1.54, 1.807) is 0 Å². The number of nitrogens with two attached hydrogens (primary N) is 1. The van der Waals surface area contributed by atoms with E-state index in [1.165, 1.54) is 4.90 Å². The molecule has 13 heavy (non-hydrogen) atoms. The van der Waals surface area contributed by atoms with Gasteiger partial charge in [-0.1, -0.05) is 6.92 Å². The average molecular weight is 185 g/mol. The first-order chi connectivity index (χ1) is 6.20. The van der Waals surface area contributed by atoms with Crippen molar-refractivity contribution in [2.45, 2.75) is 25.8 Å². The quantitative estimate of drug-likeness (QED) is 0.589. The lowest BCUT2D eigenvalue weighted by Crippen LogP contribution is -2.33. The highest BCUT2D eigenvalue weighted by atomic mass is 16.2. The smallest absolute Gasteiger partial charge is 0.324 e. The molecule has 1 heterocycles. The summed E-state index contributed by atoms with van der Waals surface area (Å²) in [5, 5.41) is 2.61. The second-order valence-electron chi connectivity index (χ2n) is 3.04. The van der Waals surface area contributed by atoms with Gasteiger partial charge in [-0.2, -0.15) is 0 Å². The molecule has 1 fully saturated rings. The van der Waals surface area contributed by atoms with Gasteiger partial charge in [0.15, 0.2) is 0 Å². The Hall–Kier alpha value is -1.10. The van der Waals surface area contributed by atoms with Gasteiger partial charge in [-0.25, -0.2) is 4.79 Å². The average Bonchev–Trinajstić information content (AvgIpc) is 2.39. The molecule has 1 unspecified atom stereocenters. The van der Waals surface area contributed by atoms with Crippen molar-refractivity contribution in [2.24, 2.45) is 5.73 Å². The molecule has 1 aliphatic heterocycles. The first-order valence-electron chi connectivity index (χ1n) is 4.52. The molecule has 74 valence electrons. The molecule has 1 aliphatic rings. The molecular weight excluding hydrogens is 170 g/mol. The molecule has 1 atom stereocenters. The van der Waals surface area contributed by atoms with Gasteiger partial charge >= 0.3 is 6.03 Å². The van der Waals surface area contributed by atoms with Gasteiger partial charge < -0.3 is 11.1 Å². The van der Waals surface area contributed by atoms with E-state index >= 15 is 0 Å². The van der Waals surface area contributed by atoms with Crippen molar-refractivity contribution in [3.63, 3.8) is 0 Å². The number of carbonyl (C=O) groups is 2. The SMILES string of the molecule is CCC1NC(=O)N(CCCN)C1=O. The van der Waals surface area contributed by atoms with E-state index in [0.29, 0.717) is 25.9 Å². The van der Waals surface area contributed by atoms with Crippen molar-refractivity contribution in [1.82, 2.24) is 10.2 Å². The number of rotatable bonds is 4. The molecule has 0 aliphatic carbocycles. The largest absolute Gasteiger partial charge is 0.330 e. The van der Waals surface area contributed by atoms with Crippen LogP contribution in [0.4, 0.5) is 4.79 Å². The zero-order valence-corrected chi connectivity index (χ0v) is 7.75. The summed E-state index contributed by atoms with van der Waals surface area (Å²) in [6, 6.07) is -0.615. The molecular formula is C8H15N3O2. The standard InChI is InChI=1S/C8H15N3O2/c1-2-6-7(12)11(5-3-4-9)8(13)10-6/h6H,2-5,9H2,1H3,(H,10,13). The maximum absolute atomic E-state index is 11.5. The van der Waals surface area contributed by atoms with Crippen LogP contribution in [0.25, 0.3) is 0 Å². The minimum atomic E-state index is -0.328. The molecule has 3 N–H and O–H groups in total. The fourth-order valence-corrected chi connectivity index (χ4v) is 1.31.